The van der Waals surface area contributed by atoms with E-state index in [-0.39, 0.29) is 17.5 Å². The third-order valence-electron chi connectivity index (χ3n) is 4.42. The Balaban J connectivity index is 1.65. The summed E-state index contributed by atoms with van der Waals surface area (Å²) < 4.78 is 0. The first-order valence-electron chi connectivity index (χ1n) is 8.61. The minimum absolute atomic E-state index is 0.172. The molecule has 3 heteroatoms. The highest BCUT2D eigenvalue weighted by Crippen LogP contribution is 2.22. The lowest BCUT2D eigenvalue weighted by atomic mass is 9.88. The number of benzene rings is 1. The van der Waals surface area contributed by atoms with Crippen molar-refractivity contribution in [1.29, 1.82) is 0 Å². The maximum absolute atomic E-state index is 11.9. The lowest BCUT2D eigenvalue weighted by molar-refractivity contribution is -0.123. The third kappa shape index (κ3) is 6.49. The molecule has 0 amide bonds. The molecule has 0 heterocycles. The van der Waals surface area contributed by atoms with Gasteiger partial charge in [-0.3, -0.25) is 9.59 Å². The SMILES string of the molecule is O=C1CCC[C@@H](/C=C/C(=O)[C@H](O)CCCCc2ccccc2)C1. The van der Waals surface area contributed by atoms with Crippen LogP contribution in [-0.2, 0) is 16.0 Å². The molecular formula is C20H26O3. The van der Waals surface area contributed by atoms with E-state index < -0.39 is 6.10 Å². The van der Waals surface area contributed by atoms with Gasteiger partial charge in [-0.1, -0.05) is 42.8 Å². The number of aliphatic hydroxyl groups excluding tert-OH is 1. The van der Waals surface area contributed by atoms with Gasteiger partial charge < -0.3 is 5.11 Å². The molecule has 1 aliphatic rings. The molecule has 1 aromatic rings. The predicted octanol–water partition coefficient (Wildman–Crippen LogP) is 3.64. The van der Waals surface area contributed by atoms with E-state index in [2.05, 4.69) is 12.1 Å². The predicted molar refractivity (Wildman–Crippen MR) is 91.1 cm³/mol. The van der Waals surface area contributed by atoms with Crippen LogP contribution in [0, 0.1) is 5.92 Å². The maximum Gasteiger partial charge on any atom is 0.183 e. The standard InChI is InChI=1S/C20H26O3/c21-18-11-6-10-17(15-18)13-14-20(23)19(22)12-5-4-9-16-7-2-1-3-8-16/h1-3,7-8,13-14,17,19,22H,4-6,9-12,15H2/b14-13+/t17-,19+/m0/s1. The Morgan fingerprint density at radius 3 is 2.78 bits per heavy atom. The van der Waals surface area contributed by atoms with Crippen LogP contribution in [0.15, 0.2) is 42.5 Å². The van der Waals surface area contributed by atoms with Crippen LogP contribution in [0.1, 0.15) is 50.5 Å². The molecular weight excluding hydrogens is 288 g/mol. The lowest BCUT2D eigenvalue weighted by Gasteiger charge is -2.17. The number of hydrogen-bond acceptors (Lipinski definition) is 3. The van der Waals surface area contributed by atoms with E-state index >= 15 is 0 Å². The first kappa shape index (κ1) is 17.6. The maximum atomic E-state index is 11.9. The molecule has 2 atom stereocenters. The average molecular weight is 314 g/mol. The number of aryl methyl sites for hydroxylation is 1. The zero-order valence-electron chi connectivity index (χ0n) is 13.6. The highest BCUT2D eigenvalue weighted by molar-refractivity contribution is 5.93. The fraction of sp³-hybridized carbons (Fsp3) is 0.500. The van der Waals surface area contributed by atoms with E-state index in [0.29, 0.717) is 19.3 Å². The third-order valence-corrected chi connectivity index (χ3v) is 4.42. The smallest absolute Gasteiger partial charge is 0.183 e. The van der Waals surface area contributed by atoms with Crippen LogP contribution in [-0.4, -0.2) is 22.8 Å². The van der Waals surface area contributed by atoms with Crippen LogP contribution in [0.2, 0.25) is 0 Å². The summed E-state index contributed by atoms with van der Waals surface area (Å²) in [6.45, 7) is 0. The van der Waals surface area contributed by atoms with Crippen molar-refractivity contribution < 1.29 is 14.7 Å². The second-order valence-corrected chi connectivity index (χ2v) is 6.40. The van der Waals surface area contributed by atoms with Gasteiger partial charge in [0.25, 0.3) is 0 Å². The van der Waals surface area contributed by atoms with Crippen LogP contribution >= 0.6 is 0 Å². The summed E-state index contributed by atoms with van der Waals surface area (Å²) in [5.41, 5.74) is 1.29. The Labute approximate surface area is 138 Å². The van der Waals surface area contributed by atoms with Gasteiger partial charge in [0.1, 0.15) is 11.9 Å². The van der Waals surface area contributed by atoms with E-state index in [4.69, 9.17) is 0 Å². The van der Waals surface area contributed by atoms with Crippen LogP contribution in [0.25, 0.3) is 0 Å². The van der Waals surface area contributed by atoms with Crippen LogP contribution < -0.4 is 0 Å². The van der Waals surface area contributed by atoms with Gasteiger partial charge in [0.2, 0.25) is 0 Å². The van der Waals surface area contributed by atoms with Gasteiger partial charge in [-0.15, -0.1) is 0 Å². The van der Waals surface area contributed by atoms with Gasteiger partial charge in [-0.2, -0.15) is 0 Å². The van der Waals surface area contributed by atoms with E-state index in [9.17, 15) is 14.7 Å². The number of allylic oxidation sites excluding steroid dienone is 1. The minimum Gasteiger partial charge on any atom is -0.385 e. The number of aliphatic hydroxyl groups is 1. The monoisotopic (exact) mass is 314 g/mol. The zero-order valence-corrected chi connectivity index (χ0v) is 13.6. The molecule has 0 radical (unpaired) electrons. The molecule has 1 saturated carbocycles. The molecule has 0 saturated heterocycles. The number of unbranched alkanes of at least 4 members (excludes halogenated alkanes) is 1. The van der Waals surface area contributed by atoms with Gasteiger partial charge in [-0.25, -0.2) is 0 Å². The van der Waals surface area contributed by atoms with Gasteiger partial charge in [-0.05, 0) is 49.7 Å². The lowest BCUT2D eigenvalue weighted by Crippen LogP contribution is -2.19. The topological polar surface area (TPSA) is 54.4 Å². The fourth-order valence-electron chi connectivity index (χ4n) is 3.02. The molecule has 1 aromatic carbocycles. The summed E-state index contributed by atoms with van der Waals surface area (Å²) >= 11 is 0. The van der Waals surface area contributed by atoms with Crippen molar-refractivity contribution in [3.8, 4) is 0 Å². The van der Waals surface area contributed by atoms with E-state index in [1.165, 1.54) is 11.6 Å². The van der Waals surface area contributed by atoms with Crippen molar-refractivity contribution in [2.75, 3.05) is 0 Å². The second kappa shape index (κ2) is 9.41. The summed E-state index contributed by atoms with van der Waals surface area (Å²) in [7, 11) is 0. The molecule has 0 unspecified atom stereocenters. The Hall–Kier alpha value is -1.74. The molecule has 0 spiro atoms. The van der Waals surface area contributed by atoms with Crippen molar-refractivity contribution in [2.24, 2.45) is 5.92 Å². The van der Waals surface area contributed by atoms with Gasteiger partial charge in [0, 0.05) is 12.8 Å². The number of hydrogen-bond donors (Lipinski definition) is 1. The molecule has 1 N–H and O–H groups in total. The van der Waals surface area contributed by atoms with Gasteiger partial charge in [0.05, 0.1) is 0 Å². The largest absolute Gasteiger partial charge is 0.385 e. The van der Waals surface area contributed by atoms with Crippen molar-refractivity contribution in [2.45, 2.75) is 57.5 Å². The molecule has 1 aliphatic carbocycles. The molecule has 23 heavy (non-hydrogen) atoms. The van der Waals surface area contributed by atoms with Crippen LogP contribution in [0.4, 0.5) is 0 Å². The summed E-state index contributed by atoms with van der Waals surface area (Å²) in [5.74, 6) is 0.216. The van der Waals surface area contributed by atoms with E-state index in [0.717, 1.165) is 32.1 Å². The number of carbonyl (C=O) groups excluding carboxylic acids is 2. The quantitative estimate of drug-likeness (QED) is 0.588. The number of rotatable bonds is 8. The van der Waals surface area contributed by atoms with Crippen LogP contribution in [0.3, 0.4) is 0 Å². The Bertz CT molecular complexity index is 533. The summed E-state index contributed by atoms with van der Waals surface area (Å²) in [4.78, 5) is 23.3. The normalized spacial score (nSPS) is 19.9. The van der Waals surface area contributed by atoms with Crippen molar-refractivity contribution in [3.63, 3.8) is 0 Å². The molecule has 124 valence electrons. The highest BCUT2D eigenvalue weighted by Gasteiger charge is 2.18. The Morgan fingerprint density at radius 2 is 2.04 bits per heavy atom. The van der Waals surface area contributed by atoms with Gasteiger partial charge in [0.15, 0.2) is 5.78 Å². The number of Topliss-reactive ketones (excluding diaryl/α,β-unsaturated/α-hetero) is 1. The average Bonchev–Trinajstić information content (AvgIpc) is 2.57. The minimum atomic E-state index is -0.915. The number of ketones is 2. The van der Waals surface area contributed by atoms with E-state index in [1.54, 1.807) is 0 Å². The van der Waals surface area contributed by atoms with Crippen molar-refractivity contribution in [3.05, 3.63) is 48.0 Å². The van der Waals surface area contributed by atoms with Gasteiger partial charge >= 0.3 is 0 Å². The summed E-state index contributed by atoms with van der Waals surface area (Å²) in [6.07, 6.45) is 8.72. The number of carbonyl (C=O) groups is 2. The first-order valence-corrected chi connectivity index (χ1v) is 8.61. The molecule has 1 fully saturated rings. The highest BCUT2D eigenvalue weighted by atomic mass is 16.3. The van der Waals surface area contributed by atoms with Crippen molar-refractivity contribution >= 4 is 11.6 Å². The molecule has 0 aromatic heterocycles. The van der Waals surface area contributed by atoms with Crippen molar-refractivity contribution in [1.82, 2.24) is 0 Å². The van der Waals surface area contributed by atoms with E-state index in [1.807, 2.05) is 24.3 Å². The molecule has 2 rings (SSSR count). The summed E-state index contributed by atoms with van der Waals surface area (Å²) in [6, 6.07) is 10.2. The molecule has 3 nitrogen and oxygen atoms in total. The zero-order chi connectivity index (χ0) is 16.5. The molecule has 0 bridgehead atoms. The first-order chi connectivity index (χ1) is 11.1. The summed E-state index contributed by atoms with van der Waals surface area (Å²) in [5, 5.41) is 9.93. The molecule has 0 aliphatic heterocycles. The Kier molecular flexibility index (Phi) is 7.21. The fourth-order valence-corrected chi connectivity index (χ4v) is 3.02. The Morgan fingerprint density at radius 1 is 1.26 bits per heavy atom. The second-order valence-electron chi connectivity index (χ2n) is 6.40. The van der Waals surface area contributed by atoms with Crippen LogP contribution in [0.5, 0.6) is 0 Å².